The van der Waals surface area contributed by atoms with Crippen LogP contribution in [0, 0.1) is 5.92 Å². The molecule has 1 aliphatic heterocycles. The number of nitrogens with two attached hydrogens (primary N) is 1. The molecular weight excluding hydrogens is 296 g/mol. The Labute approximate surface area is 127 Å². The first-order chi connectivity index (χ1) is 8.99. The summed E-state index contributed by atoms with van der Waals surface area (Å²) in [6, 6.07) is 2.05. The highest BCUT2D eigenvalue weighted by molar-refractivity contribution is 7.98. The van der Waals surface area contributed by atoms with E-state index in [0.717, 1.165) is 22.8 Å². The van der Waals surface area contributed by atoms with Gasteiger partial charge in [-0.2, -0.15) is 11.8 Å². The minimum absolute atomic E-state index is 0.0501. The highest BCUT2D eigenvalue weighted by Gasteiger charge is 2.21. The van der Waals surface area contributed by atoms with Crippen LogP contribution >= 0.6 is 35.3 Å². The first-order valence-corrected chi connectivity index (χ1v) is 8.61. The van der Waals surface area contributed by atoms with E-state index in [0.29, 0.717) is 11.5 Å². The third-order valence-electron chi connectivity index (χ3n) is 3.22. The van der Waals surface area contributed by atoms with E-state index in [1.165, 1.54) is 10.4 Å². The zero-order chi connectivity index (χ0) is 14.0. The Bertz CT molecular complexity index is 475. The molecule has 2 rings (SSSR count). The van der Waals surface area contributed by atoms with Gasteiger partial charge in [-0.15, -0.1) is 11.3 Å². The van der Waals surface area contributed by atoms with E-state index in [1.54, 1.807) is 16.2 Å². The molecule has 0 fully saturated rings. The number of fused-ring (bicyclic) bond motifs is 1. The van der Waals surface area contributed by atoms with Gasteiger partial charge in [0.05, 0.1) is 9.87 Å². The molecule has 1 aromatic heterocycles. The number of thioether (sulfide) groups is 1. The smallest absolute Gasteiger partial charge is 0.263 e. The molecule has 2 heterocycles. The second-order valence-electron chi connectivity index (χ2n) is 4.85. The number of rotatable bonds is 4. The summed E-state index contributed by atoms with van der Waals surface area (Å²) in [4.78, 5) is 16.8. The van der Waals surface area contributed by atoms with Crippen molar-refractivity contribution >= 4 is 46.2 Å². The van der Waals surface area contributed by atoms with Crippen molar-refractivity contribution < 1.29 is 4.79 Å². The number of carbonyl (C=O) groups is 1. The van der Waals surface area contributed by atoms with Crippen LogP contribution in [0.25, 0.3) is 0 Å². The third kappa shape index (κ3) is 3.49. The molecule has 1 aliphatic rings. The Morgan fingerprint density at radius 3 is 3.00 bits per heavy atom. The van der Waals surface area contributed by atoms with Gasteiger partial charge in [-0.25, -0.2) is 0 Å². The molecule has 2 N–H and O–H groups in total. The molecule has 19 heavy (non-hydrogen) atoms. The van der Waals surface area contributed by atoms with Crippen LogP contribution in [0.4, 0.5) is 0 Å². The average Bonchev–Trinajstić information content (AvgIpc) is 2.81. The van der Waals surface area contributed by atoms with Gasteiger partial charge in [0.25, 0.3) is 5.91 Å². The monoisotopic (exact) mass is 314 g/mol. The van der Waals surface area contributed by atoms with Crippen LogP contribution in [-0.4, -0.2) is 35.1 Å². The normalized spacial score (nSPS) is 15.7. The number of carbonyl (C=O) groups excluding carboxylic acids is 1. The van der Waals surface area contributed by atoms with Gasteiger partial charge in [0.1, 0.15) is 0 Å². The van der Waals surface area contributed by atoms with Crippen molar-refractivity contribution in [3.05, 3.63) is 21.4 Å². The predicted molar refractivity (Wildman–Crippen MR) is 87.1 cm³/mol. The van der Waals surface area contributed by atoms with Crippen molar-refractivity contribution in [2.24, 2.45) is 11.7 Å². The van der Waals surface area contributed by atoms with Gasteiger partial charge in [0, 0.05) is 30.1 Å². The Balaban J connectivity index is 2.06. The fourth-order valence-electron chi connectivity index (χ4n) is 2.02. The van der Waals surface area contributed by atoms with Crippen molar-refractivity contribution in [3.63, 3.8) is 0 Å². The van der Waals surface area contributed by atoms with Crippen LogP contribution in [0.3, 0.4) is 0 Å². The first kappa shape index (κ1) is 14.8. The molecule has 1 amide bonds. The molecule has 1 aromatic rings. The summed E-state index contributed by atoms with van der Waals surface area (Å²) in [5.74, 6) is 2.32. The molecular formula is C13H18N2OS3. The number of thiocarbonyl (C=S) groups is 1. The summed E-state index contributed by atoms with van der Waals surface area (Å²) in [5, 5.41) is 0. The van der Waals surface area contributed by atoms with Crippen LogP contribution in [-0.2, 0) is 12.2 Å². The minimum Gasteiger partial charge on any atom is -0.393 e. The largest absolute Gasteiger partial charge is 0.393 e. The first-order valence-electron chi connectivity index (χ1n) is 6.23. The lowest BCUT2D eigenvalue weighted by atomic mass is 10.1. The van der Waals surface area contributed by atoms with Crippen molar-refractivity contribution in [2.75, 3.05) is 19.3 Å². The molecule has 104 valence electrons. The Kier molecular flexibility index (Phi) is 4.86. The molecule has 0 saturated heterocycles. The Hall–Kier alpha value is -0.590. The minimum atomic E-state index is 0.0501. The Morgan fingerprint density at radius 2 is 2.37 bits per heavy atom. The van der Waals surface area contributed by atoms with Gasteiger partial charge in [0.15, 0.2) is 0 Å². The van der Waals surface area contributed by atoms with Crippen molar-refractivity contribution in [2.45, 2.75) is 19.1 Å². The Morgan fingerprint density at radius 1 is 1.63 bits per heavy atom. The van der Waals surface area contributed by atoms with E-state index in [9.17, 15) is 4.79 Å². The number of hydrogen-bond donors (Lipinski definition) is 1. The van der Waals surface area contributed by atoms with Crippen LogP contribution in [0.2, 0.25) is 0 Å². The van der Waals surface area contributed by atoms with E-state index in [-0.39, 0.29) is 11.8 Å². The van der Waals surface area contributed by atoms with E-state index >= 15 is 0 Å². The SMILES string of the molecule is CC(CN(C)C(=O)c1cc2c(s1)CCSC2)C(N)=S. The fourth-order valence-corrected chi connectivity index (χ4v) is 4.47. The second kappa shape index (κ2) is 6.24. The number of amides is 1. The van der Waals surface area contributed by atoms with Crippen molar-refractivity contribution in [1.82, 2.24) is 4.90 Å². The van der Waals surface area contributed by atoms with Crippen molar-refractivity contribution in [1.29, 1.82) is 0 Å². The number of thiophene rings is 1. The molecule has 0 radical (unpaired) electrons. The lowest BCUT2D eigenvalue weighted by Gasteiger charge is -2.20. The molecule has 0 aliphatic carbocycles. The summed E-state index contributed by atoms with van der Waals surface area (Å²) < 4.78 is 0. The van der Waals surface area contributed by atoms with Crippen LogP contribution in [0.1, 0.15) is 27.0 Å². The van der Waals surface area contributed by atoms with Crippen LogP contribution in [0.5, 0.6) is 0 Å². The van der Waals surface area contributed by atoms with Gasteiger partial charge < -0.3 is 10.6 Å². The van der Waals surface area contributed by atoms with Gasteiger partial charge >= 0.3 is 0 Å². The zero-order valence-electron chi connectivity index (χ0n) is 11.1. The third-order valence-corrected chi connectivity index (χ3v) is 5.85. The molecule has 6 heteroatoms. The maximum atomic E-state index is 12.4. The van der Waals surface area contributed by atoms with Crippen molar-refractivity contribution in [3.8, 4) is 0 Å². The van der Waals surface area contributed by atoms with Gasteiger partial charge in [-0.05, 0) is 23.8 Å². The lowest BCUT2D eigenvalue weighted by Crippen LogP contribution is -2.35. The topological polar surface area (TPSA) is 46.3 Å². The summed E-state index contributed by atoms with van der Waals surface area (Å²) in [6.07, 6.45) is 1.09. The highest BCUT2D eigenvalue weighted by Crippen LogP contribution is 2.32. The van der Waals surface area contributed by atoms with Gasteiger partial charge in [-0.1, -0.05) is 19.1 Å². The summed E-state index contributed by atoms with van der Waals surface area (Å²) in [5.41, 5.74) is 6.93. The standard InChI is InChI=1S/C13H18N2OS3/c1-8(12(14)17)6-15(2)13(16)11-5-9-7-18-4-3-10(9)19-11/h5,8H,3-4,6-7H2,1-2H3,(H2,14,17). The van der Waals surface area contributed by atoms with E-state index in [1.807, 2.05) is 25.7 Å². The molecule has 3 nitrogen and oxygen atoms in total. The zero-order valence-corrected chi connectivity index (χ0v) is 13.6. The highest BCUT2D eigenvalue weighted by atomic mass is 32.2. The molecule has 0 aromatic carbocycles. The lowest BCUT2D eigenvalue weighted by molar-refractivity contribution is 0.0791. The van der Waals surface area contributed by atoms with Gasteiger partial charge in [-0.3, -0.25) is 4.79 Å². The maximum Gasteiger partial charge on any atom is 0.263 e. The van der Waals surface area contributed by atoms with Crippen LogP contribution < -0.4 is 5.73 Å². The number of aryl methyl sites for hydroxylation is 1. The molecule has 1 atom stereocenters. The number of hydrogen-bond acceptors (Lipinski definition) is 4. The molecule has 0 spiro atoms. The summed E-state index contributed by atoms with van der Waals surface area (Å²) >= 11 is 8.52. The molecule has 0 bridgehead atoms. The molecule has 0 saturated carbocycles. The predicted octanol–water partition coefficient (Wildman–Crippen LogP) is 2.53. The number of nitrogens with zero attached hydrogens (tertiary/aromatic N) is 1. The summed E-state index contributed by atoms with van der Waals surface area (Å²) in [6.45, 7) is 2.52. The summed E-state index contributed by atoms with van der Waals surface area (Å²) in [7, 11) is 1.81. The fraction of sp³-hybridized carbons (Fsp3) is 0.538. The van der Waals surface area contributed by atoms with Crippen LogP contribution in [0.15, 0.2) is 6.07 Å². The van der Waals surface area contributed by atoms with E-state index < -0.39 is 0 Å². The molecule has 1 unspecified atom stereocenters. The average molecular weight is 315 g/mol. The maximum absolute atomic E-state index is 12.4. The van der Waals surface area contributed by atoms with Gasteiger partial charge in [0.2, 0.25) is 0 Å². The van der Waals surface area contributed by atoms with E-state index in [2.05, 4.69) is 6.07 Å². The second-order valence-corrected chi connectivity index (χ2v) is 7.56. The van der Waals surface area contributed by atoms with E-state index in [4.69, 9.17) is 18.0 Å². The quantitative estimate of drug-likeness (QED) is 0.868.